The fourth-order valence-corrected chi connectivity index (χ4v) is 4.58. The highest BCUT2D eigenvalue weighted by Crippen LogP contribution is 2.36. The summed E-state index contributed by atoms with van der Waals surface area (Å²) < 4.78 is 20.4. The van der Waals surface area contributed by atoms with Crippen LogP contribution < -0.4 is 5.73 Å². The predicted molar refractivity (Wildman–Crippen MR) is 136 cm³/mol. The maximum atomic E-state index is 15.3. The molecule has 1 amide bonds. The number of aryl methyl sites for hydroxylation is 2. The van der Waals surface area contributed by atoms with E-state index in [0.717, 1.165) is 47.7 Å². The lowest BCUT2D eigenvalue weighted by Crippen LogP contribution is -2.49. The number of methoxy groups -OCH3 is 1. The number of carbonyl (C=O) groups is 1. The van der Waals surface area contributed by atoms with Gasteiger partial charge in [0, 0.05) is 68.5 Å². The number of hydrogen-bond donors (Lipinski definition) is 1. The first-order valence-electron chi connectivity index (χ1n) is 11.9. The van der Waals surface area contributed by atoms with E-state index in [0.29, 0.717) is 37.5 Å². The van der Waals surface area contributed by atoms with Gasteiger partial charge in [0.15, 0.2) is 0 Å². The quantitative estimate of drug-likeness (QED) is 0.557. The number of carbonyl (C=O) groups excluding carboxylic acids is 1. The average Bonchev–Trinajstić information content (AvgIpc) is 2.87. The van der Waals surface area contributed by atoms with Crippen molar-refractivity contribution in [3.05, 3.63) is 65.4 Å². The molecule has 1 saturated heterocycles. The number of anilines is 1. The summed E-state index contributed by atoms with van der Waals surface area (Å²) in [5.74, 6) is -0.353. The van der Waals surface area contributed by atoms with Crippen molar-refractivity contribution in [1.82, 2.24) is 19.8 Å². The second kappa shape index (κ2) is 10.9. The Labute approximate surface area is 205 Å². The van der Waals surface area contributed by atoms with Crippen molar-refractivity contribution in [2.45, 2.75) is 20.3 Å². The molecule has 1 aliphatic rings. The van der Waals surface area contributed by atoms with Gasteiger partial charge in [0.05, 0.1) is 12.2 Å². The van der Waals surface area contributed by atoms with E-state index in [2.05, 4.69) is 14.9 Å². The molecule has 1 fully saturated rings. The van der Waals surface area contributed by atoms with Crippen molar-refractivity contribution in [3.63, 3.8) is 0 Å². The van der Waals surface area contributed by atoms with E-state index >= 15 is 4.39 Å². The van der Waals surface area contributed by atoms with Gasteiger partial charge in [-0.2, -0.15) is 0 Å². The van der Waals surface area contributed by atoms with E-state index in [1.165, 1.54) is 6.07 Å². The number of piperazine rings is 1. The highest BCUT2D eigenvalue weighted by Gasteiger charge is 2.25. The molecule has 3 aromatic rings. The number of pyridine rings is 2. The molecule has 4 rings (SSSR count). The molecule has 0 bridgehead atoms. The highest BCUT2D eigenvalue weighted by molar-refractivity contribution is 5.95. The summed E-state index contributed by atoms with van der Waals surface area (Å²) in [7, 11) is 1.68. The molecule has 184 valence electrons. The minimum atomic E-state index is -0.526. The van der Waals surface area contributed by atoms with Gasteiger partial charge in [0.2, 0.25) is 0 Å². The van der Waals surface area contributed by atoms with Crippen molar-refractivity contribution in [1.29, 1.82) is 0 Å². The highest BCUT2D eigenvalue weighted by atomic mass is 19.1. The van der Waals surface area contributed by atoms with E-state index in [1.807, 2.05) is 32.0 Å². The molecule has 1 aromatic carbocycles. The van der Waals surface area contributed by atoms with Crippen LogP contribution >= 0.6 is 0 Å². The number of aromatic nitrogens is 2. The molecule has 2 aromatic heterocycles. The topological polar surface area (TPSA) is 84.6 Å². The number of amides is 1. The zero-order chi connectivity index (χ0) is 24.9. The molecule has 0 aliphatic carbocycles. The molecule has 2 N–H and O–H groups in total. The molecular formula is C27H32FN5O2. The Morgan fingerprint density at radius 3 is 2.54 bits per heavy atom. The third-order valence-corrected chi connectivity index (χ3v) is 6.52. The number of ether oxygens (including phenoxy) is 1. The van der Waals surface area contributed by atoms with Crippen molar-refractivity contribution in [2.75, 3.05) is 52.2 Å². The monoisotopic (exact) mass is 477 g/mol. The van der Waals surface area contributed by atoms with E-state index in [4.69, 9.17) is 10.5 Å². The lowest BCUT2D eigenvalue weighted by molar-refractivity contribution is 0.0590. The first-order chi connectivity index (χ1) is 16.9. The van der Waals surface area contributed by atoms with Gasteiger partial charge in [-0.1, -0.05) is 13.0 Å². The summed E-state index contributed by atoms with van der Waals surface area (Å²) in [6.07, 6.45) is 2.44. The Hall–Kier alpha value is -3.36. The van der Waals surface area contributed by atoms with Crippen molar-refractivity contribution >= 4 is 11.7 Å². The Kier molecular flexibility index (Phi) is 7.73. The Bertz CT molecular complexity index is 1210. The van der Waals surface area contributed by atoms with E-state index < -0.39 is 5.82 Å². The van der Waals surface area contributed by atoms with E-state index in [1.54, 1.807) is 30.3 Å². The van der Waals surface area contributed by atoms with Crippen LogP contribution in [0.2, 0.25) is 0 Å². The number of benzene rings is 1. The standard InChI is InChI=1S/C27H32FN5O2/c1-4-24-26(20-7-8-25(29)31-18(20)2)21(9-10-30-24)19-5-6-22(23(28)17-19)27(34)33-13-11-32(12-14-33)15-16-35-3/h5-10,17H,4,11-16H2,1-3H3,(H2,29,31). The number of hydrogen-bond acceptors (Lipinski definition) is 6. The van der Waals surface area contributed by atoms with Gasteiger partial charge in [0.1, 0.15) is 11.6 Å². The number of nitrogens with two attached hydrogens (primary N) is 1. The van der Waals surface area contributed by atoms with Crippen LogP contribution in [0, 0.1) is 12.7 Å². The van der Waals surface area contributed by atoms with Crippen LogP contribution in [0.5, 0.6) is 0 Å². The van der Waals surface area contributed by atoms with Gasteiger partial charge >= 0.3 is 0 Å². The molecule has 0 unspecified atom stereocenters. The first kappa shape index (κ1) is 24.8. The summed E-state index contributed by atoms with van der Waals surface area (Å²) >= 11 is 0. The van der Waals surface area contributed by atoms with Gasteiger partial charge in [-0.15, -0.1) is 0 Å². The maximum Gasteiger partial charge on any atom is 0.256 e. The third kappa shape index (κ3) is 5.33. The van der Waals surface area contributed by atoms with Crippen molar-refractivity contribution in [2.24, 2.45) is 0 Å². The van der Waals surface area contributed by atoms with Crippen molar-refractivity contribution in [3.8, 4) is 22.3 Å². The van der Waals surface area contributed by atoms with Crippen LogP contribution in [-0.4, -0.2) is 72.1 Å². The maximum absolute atomic E-state index is 15.3. The van der Waals surface area contributed by atoms with Gasteiger partial charge in [-0.3, -0.25) is 14.7 Å². The Morgan fingerprint density at radius 1 is 1.11 bits per heavy atom. The van der Waals surface area contributed by atoms with Crippen molar-refractivity contribution < 1.29 is 13.9 Å². The molecule has 0 spiro atoms. The van der Waals surface area contributed by atoms with Gasteiger partial charge in [-0.25, -0.2) is 9.37 Å². The molecule has 1 aliphatic heterocycles. The molecule has 8 heteroatoms. The fraction of sp³-hybridized carbons (Fsp3) is 0.370. The summed E-state index contributed by atoms with van der Waals surface area (Å²) in [5, 5.41) is 0. The van der Waals surface area contributed by atoms with Crippen LogP contribution in [-0.2, 0) is 11.2 Å². The predicted octanol–water partition coefficient (Wildman–Crippen LogP) is 3.81. The minimum Gasteiger partial charge on any atom is -0.384 e. The molecule has 35 heavy (non-hydrogen) atoms. The van der Waals surface area contributed by atoms with E-state index in [9.17, 15) is 4.79 Å². The molecule has 0 atom stereocenters. The summed E-state index contributed by atoms with van der Waals surface area (Å²) in [6, 6.07) is 10.4. The van der Waals surface area contributed by atoms with Crippen LogP contribution in [0.15, 0.2) is 42.6 Å². The number of nitrogens with zero attached hydrogens (tertiary/aromatic N) is 4. The molecule has 0 radical (unpaired) electrons. The molecule has 0 saturated carbocycles. The normalized spacial score (nSPS) is 14.3. The lowest BCUT2D eigenvalue weighted by atomic mass is 9.91. The van der Waals surface area contributed by atoms with Gasteiger partial charge < -0.3 is 15.4 Å². The lowest BCUT2D eigenvalue weighted by Gasteiger charge is -2.34. The SMILES string of the molecule is CCc1nccc(-c2ccc(C(=O)N3CCN(CCOC)CC3)c(F)c2)c1-c1ccc(N)nc1C. The molecule has 3 heterocycles. The Balaban J connectivity index is 1.63. The summed E-state index contributed by atoms with van der Waals surface area (Å²) in [6.45, 7) is 8.08. The minimum absolute atomic E-state index is 0.0933. The smallest absolute Gasteiger partial charge is 0.256 e. The number of halogens is 1. The average molecular weight is 478 g/mol. The zero-order valence-electron chi connectivity index (χ0n) is 20.6. The van der Waals surface area contributed by atoms with Crippen LogP contribution in [0.25, 0.3) is 22.3 Å². The van der Waals surface area contributed by atoms with E-state index in [-0.39, 0.29) is 11.5 Å². The molecule has 7 nitrogen and oxygen atoms in total. The molecular weight excluding hydrogens is 445 g/mol. The summed E-state index contributed by atoms with van der Waals surface area (Å²) in [5.41, 5.74) is 11.0. The van der Waals surface area contributed by atoms with Crippen LogP contribution in [0.1, 0.15) is 28.7 Å². The fourth-order valence-electron chi connectivity index (χ4n) is 4.58. The van der Waals surface area contributed by atoms with Gasteiger partial charge in [0.25, 0.3) is 5.91 Å². The van der Waals surface area contributed by atoms with Gasteiger partial charge in [-0.05, 0) is 54.8 Å². The Morgan fingerprint density at radius 2 is 1.89 bits per heavy atom. The summed E-state index contributed by atoms with van der Waals surface area (Å²) in [4.78, 5) is 26.0. The second-order valence-corrected chi connectivity index (χ2v) is 8.72. The third-order valence-electron chi connectivity index (χ3n) is 6.52. The van der Waals surface area contributed by atoms with Crippen LogP contribution in [0.4, 0.5) is 10.2 Å². The zero-order valence-corrected chi connectivity index (χ0v) is 20.6. The number of nitrogen functional groups attached to an aromatic ring is 1. The van der Waals surface area contributed by atoms with Crippen LogP contribution in [0.3, 0.4) is 0 Å². The first-order valence-corrected chi connectivity index (χ1v) is 11.9. The number of rotatable bonds is 7. The second-order valence-electron chi connectivity index (χ2n) is 8.72. The largest absolute Gasteiger partial charge is 0.384 e.